The number of aromatic nitrogens is 1. The van der Waals surface area contributed by atoms with E-state index < -0.39 is 0 Å². The van der Waals surface area contributed by atoms with Crippen LogP contribution in [-0.4, -0.2) is 30.1 Å². The van der Waals surface area contributed by atoms with E-state index in [1.807, 2.05) is 30.3 Å². The highest BCUT2D eigenvalue weighted by Crippen LogP contribution is 2.25. The van der Waals surface area contributed by atoms with Gasteiger partial charge in [-0.25, -0.2) is 4.98 Å². The molecule has 1 fully saturated rings. The number of hydrogen-bond acceptors (Lipinski definition) is 4. The number of nitrogens with zero attached hydrogens (tertiary/aromatic N) is 1. The molecule has 1 aromatic heterocycles. The summed E-state index contributed by atoms with van der Waals surface area (Å²) in [5, 5.41) is 7.96. The van der Waals surface area contributed by atoms with Crippen molar-refractivity contribution in [3.8, 4) is 5.75 Å². The highest BCUT2D eigenvalue weighted by molar-refractivity contribution is 5.94. The molecule has 0 unspecified atom stereocenters. The van der Waals surface area contributed by atoms with Gasteiger partial charge in [-0.1, -0.05) is 24.3 Å². The number of methoxy groups -OCH3 is 1. The summed E-state index contributed by atoms with van der Waals surface area (Å²) in [5.74, 6) is 1.60. The van der Waals surface area contributed by atoms with E-state index in [-0.39, 0.29) is 11.9 Å². The second kappa shape index (κ2) is 8.52. The normalized spacial score (nSPS) is 19.0. The number of rotatable bonds is 5. The molecule has 1 saturated carbocycles. The summed E-state index contributed by atoms with van der Waals surface area (Å²) in [6.07, 6.45) is 3.94. The number of fused-ring (bicyclic) bond motifs is 1. The van der Waals surface area contributed by atoms with Crippen LogP contribution >= 0.6 is 0 Å². The predicted molar refractivity (Wildman–Crippen MR) is 117 cm³/mol. The van der Waals surface area contributed by atoms with Crippen LogP contribution in [-0.2, 0) is 0 Å². The van der Waals surface area contributed by atoms with Crippen LogP contribution in [0.15, 0.2) is 54.6 Å². The van der Waals surface area contributed by atoms with E-state index >= 15 is 0 Å². The fraction of sp³-hybridized carbons (Fsp3) is 0.333. The van der Waals surface area contributed by atoms with Crippen molar-refractivity contribution < 1.29 is 9.53 Å². The van der Waals surface area contributed by atoms with Crippen molar-refractivity contribution >= 4 is 22.6 Å². The Labute approximate surface area is 171 Å². The van der Waals surface area contributed by atoms with Crippen LogP contribution in [0.5, 0.6) is 5.75 Å². The van der Waals surface area contributed by atoms with E-state index in [1.165, 1.54) is 10.9 Å². The zero-order valence-corrected chi connectivity index (χ0v) is 16.9. The van der Waals surface area contributed by atoms with Crippen molar-refractivity contribution in [3.63, 3.8) is 0 Å². The van der Waals surface area contributed by atoms with E-state index in [9.17, 15) is 4.79 Å². The molecule has 1 amide bonds. The summed E-state index contributed by atoms with van der Waals surface area (Å²) in [6, 6.07) is 18.2. The monoisotopic (exact) mass is 389 g/mol. The number of pyridine rings is 1. The molecule has 5 heteroatoms. The summed E-state index contributed by atoms with van der Waals surface area (Å²) < 4.78 is 5.21. The first-order valence-electron chi connectivity index (χ1n) is 10.2. The number of carbonyl (C=O) groups is 1. The lowest BCUT2D eigenvalue weighted by atomic mass is 9.91. The molecular formula is C24H27N3O2. The zero-order valence-electron chi connectivity index (χ0n) is 16.9. The van der Waals surface area contributed by atoms with Gasteiger partial charge in [0.15, 0.2) is 0 Å². The van der Waals surface area contributed by atoms with Crippen molar-refractivity contribution in [2.75, 3.05) is 12.4 Å². The Kier molecular flexibility index (Phi) is 5.65. The minimum atomic E-state index is -0.0351. The van der Waals surface area contributed by atoms with E-state index in [0.717, 1.165) is 37.0 Å². The number of nitrogens with one attached hydrogen (secondary N) is 2. The number of para-hydroxylation sites is 1. The third kappa shape index (κ3) is 4.50. The van der Waals surface area contributed by atoms with E-state index in [0.29, 0.717) is 17.4 Å². The van der Waals surface area contributed by atoms with Crippen LogP contribution in [0, 0.1) is 6.92 Å². The van der Waals surface area contributed by atoms with Crippen LogP contribution < -0.4 is 15.4 Å². The molecule has 0 bridgehead atoms. The lowest BCUT2D eigenvalue weighted by Gasteiger charge is -2.30. The molecule has 1 aliphatic carbocycles. The van der Waals surface area contributed by atoms with E-state index in [1.54, 1.807) is 13.2 Å². The molecule has 4 rings (SSSR count). The lowest BCUT2D eigenvalue weighted by Crippen LogP contribution is -2.40. The molecule has 0 aliphatic heterocycles. The summed E-state index contributed by atoms with van der Waals surface area (Å²) in [7, 11) is 1.61. The number of ether oxygens (including phenoxy) is 1. The largest absolute Gasteiger partial charge is 0.497 e. The van der Waals surface area contributed by atoms with Crippen molar-refractivity contribution in [1.82, 2.24) is 10.3 Å². The van der Waals surface area contributed by atoms with Gasteiger partial charge >= 0.3 is 0 Å². The molecule has 3 aromatic rings. The Morgan fingerprint density at radius 3 is 2.55 bits per heavy atom. The Morgan fingerprint density at radius 1 is 1.00 bits per heavy atom. The second-order valence-electron chi connectivity index (χ2n) is 7.74. The first-order chi connectivity index (χ1) is 14.1. The van der Waals surface area contributed by atoms with Gasteiger partial charge in [0.05, 0.1) is 12.6 Å². The summed E-state index contributed by atoms with van der Waals surface area (Å²) in [4.78, 5) is 17.3. The molecule has 0 spiro atoms. The molecule has 0 atom stereocenters. The topological polar surface area (TPSA) is 63.2 Å². The number of amides is 1. The van der Waals surface area contributed by atoms with E-state index in [2.05, 4.69) is 35.8 Å². The molecule has 150 valence electrons. The first kappa shape index (κ1) is 19.2. The average Bonchev–Trinajstić information content (AvgIpc) is 2.75. The van der Waals surface area contributed by atoms with Gasteiger partial charge in [0.25, 0.3) is 5.91 Å². The van der Waals surface area contributed by atoms with Crippen molar-refractivity contribution in [2.24, 2.45) is 0 Å². The molecule has 1 heterocycles. The van der Waals surface area contributed by atoms with Gasteiger partial charge in [0.2, 0.25) is 0 Å². The summed E-state index contributed by atoms with van der Waals surface area (Å²) >= 11 is 0. The zero-order chi connectivity index (χ0) is 20.2. The first-order valence-corrected chi connectivity index (χ1v) is 10.2. The SMILES string of the molecule is COc1cccc(C(=O)N[C@H]2CC[C@@H](Nc3cc(C)c4ccccc4n3)CC2)c1. The second-order valence-corrected chi connectivity index (χ2v) is 7.74. The Morgan fingerprint density at radius 2 is 1.76 bits per heavy atom. The number of anilines is 1. The standard InChI is InChI=1S/C24H27N3O2/c1-16-14-23(27-22-9-4-3-8-21(16)22)25-18-10-12-19(13-11-18)26-24(28)17-6-5-7-20(15-17)29-2/h3-9,14-15,18-19H,10-13H2,1-2H3,(H,25,27)(H,26,28)/t18-,19+. The van der Waals surface area contributed by atoms with Crippen molar-refractivity contribution in [2.45, 2.75) is 44.7 Å². The van der Waals surface area contributed by atoms with Crippen LogP contribution in [0.3, 0.4) is 0 Å². The maximum atomic E-state index is 12.5. The quantitative estimate of drug-likeness (QED) is 0.664. The fourth-order valence-electron chi connectivity index (χ4n) is 4.05. The van der Waals surface area contributed by atoms with Gasteiger partial charge in [-0.2, -0.15) is 0 Å². The maximum absolute atomic E-state index is 12.5. The number of carbonyl (C=O) groups excluding carboxylic acids is 1. The van der Waals surface area contributed by atoms with Crippen molar-refractivity contribution in [3.05, 3.63) is 65.7 Å². The van der Waals surface area contributed by atoms with Gasteiger partial charge in [-0.05, 0) is 68.5 Å². The smallest absolute Gasteiger partial charge is 0.251 e. The molecule has 1 aliphatic rings. The molecule has 2 N–H and O–H groups in total. The molecule has 29 heavy (non-hydrogen) atoms. The lowest BCUT2D eigenvalue weighted by molar-refractivity contribution is 0.0926. The van der Waals surface area contributed by atoms with Gasteiger partial charge < -0.3 is 15.4 Å². The highest BCUT2D eigenvalue weighted by Gasteiger charge is 2.23. The number of hydrogen-bond donors (Lipinski definition) is 2. The van der Waals surface area contributed by atoms with Crippen LogP contribution in [0.25, 0.3) is 10.9 Å². The minimum Gasteiger partial charge on any atom is -0.497 e. The molecule has 2 aromatic carbocycles. The maximum Gasteiger partial charge on any atom is 0.251 e. The Hall–Kier alpha value is -3.08. The van der Waals surface area contributed by atoms with Gasteiger partial charge in [-0.15, -0.1) is 0 Å². The molecule has 5 nitrogen and oxygen atoms in total. The Bertz CT molecular complexity index is 1010. The summed E-state index contributed by atoms with van der Waals surface area (Å²) in [6.45, 7) is 2.13. The van der Waals surface area contributed by atoms with Crippen molar-refractivity contribution in [1.29, 1.82) is 0 Å². The number of benzene rings is 2. The third-order valence-corrected chi connectivity index (χ3v) is 5.67. The summed E-state index contributed by atoms with van der Waals surface area (Å²) in [5.41, 5.74) is 2.90. The fourth-order valence-corrected chi connectivity index (χ4v) is 4.05. The Balaban J connectivity index is 1.33. The highest BCUT2D eigenvalue weighted by atomic mass is 16.5. The predicted octanol–water partition coefficient (Wildman–Crippen LogP) is 4.70. The minimum absolute atomic E-state index is 0.0351. The number of aryl methyl sites for hydroxylation is 1. The van der Waals surface area contributed by atoms with E-state index in [4.69, 9.17) is 9.72 Å². The molecule has 0 saturated heterocycles. The molecule has 0 radical (unpaired) electrons. The van der Waals surface area contributed by atoms with Crippen LogP contribution in [0.4, 0.5) is 5.82 Å². The van der Waals surface area contributed by atoms with Crippen LogP contribution in [0.2, 0.25) is 0 Å². The van der Waals surface area contributed by atoms with Crippen LogP contribution in [0.1, 0.15) is 41.6 Å². The van der Waals surface area contributed by atoms with Gasteiger partial charge in [0, 0.05) is 23.0 Å². The average molecular weight is 389 g/mol. The van der Waals surface area contributed by atoms with Gasteiger partial charge in [-0.3, -0.25) is 4.79 Å². The molecular weight excluding hydrogens is 362 g/mol. The van der Waals surface area contributed by atoms with Gasteiger partial charge in [0.1, 0.15) is 11.6 Å². The third-order valence-electron chi connectivity index (χ3n) is 5.67.